The van der Waals surface area contributed by atoms with Gasteiger partial charge in [0.2, 0.25) is 0 Å². The summed E-state index contributed by atoms with van der Waals surface area (Å²) in [5.41, 5.74) is 0. The first kappa shape index (κ1) is 3.88. The molecule has 1 aliphatic heterocycles. The maximum atomic E-state index is 3.10. The third kappa shape index (κ3) is 1.05. The Morgan fingerprint density at radius 1 is 1.60 bits per heavy atom. The summed E-state index contributed by atoms with van der Waals surface area (Å²) in [7, 11) is 3.62. The van der Waals surface area contributed by atoms with Gasteiger partial charge in [-0.25, -0.2) is 0 Å². The molecule has 0 unspecified atom stereocenters. The maximum absolute atomic E-state index is 3.10. The van der Waals surface area contributed by atoms with Crippen LogP contribution in [0.3, 0.4) is 0 Å². The summed E-state index contributed by atoms with van der Waals surface area (Å²) >= 11 is 0. The Bertz CT molecular complexity index is 16.5. The lowest BCUT2D eigenvalue weighted by Gasteiger charge is -1.68. The van der Waals surface area contributed by atoms with E-state index in [0.29, 0.717) is 0 Å². The topological polar surface area (TPSA) is 0 Å². The molecule has 0 aromatic heterocycles. The molecule has 0 atom stereocenters. The fourth-order valence-corrected chi connectivity index (χ4v) is 1.87. The molecule has 1 aliphatic rings. The van der Waals surface area contributed by atoms with Gasteiger partial charge in [-0.1, -0.05) is 21.6 Å². The molecule has 0 saturated carbocycles. The van der Waals surface area contributed by atoms with Crippen LogP contribution in [-0.4, -0.2) is 5.75 Å². The van der Waals surface area contributed by atoms with Gasteiger partial charge in [-0.05, 0) is 6.42 Å². The minimum Gasteiger partial charge on any atom is -0.0934 e. The fraction of sp³-hybridized carbons (Fsp3) is 0.667. The molecule has 2 heteroatoms. The Morgan fingerprint density at radius 3 is 2.80 bits per heavy atom. The Kier molecular flexibility index (Phi) is 1.53. The van der Waals surface area contributed by atoms with Crippen LogP contribution in [0.4, 0.5) is 0 Å². The average Bonchev–Trinajstić information content (AvgIpc) is 1.76. The van der Waals surface area contributed by atoms with Crippen molar-refractivity contribution >= 4 is 21.6 Å². The fourth-order valence-electron chi connectivity index (χ4n) is 0.208. The number of hydrogen-bond acceptors (Lipinski definition) is 2. The molecule has 0 aromatic rings. The highest BCUT2D eigenvalue weighted by Crippen LogP contribution is 2.33. The Labute approximate surface area is 40.1 Å². The van der Waals surface area contributed by atoms with Crippen LogP contribution in [0.1, 0.15) is 6.42 Å². The molecule has 0 spiro atoms. The van der Waals surface area contributed by atoms with Gasteiger partial charge in [-0.2, -0.15) is 0 Å². The molecule has 1 rings (SSSR count). The van der Waals surface area contributed by atoms with Crippen LogP contribution in [-0.2, 0) is 0 Å². The first-order valence-electron chi connectivity index (χ1n) is 1.51. The van der Waals surface area contributed by atoms with Crippen molar-refractivity contribution in [1.29, 1.82) is 0 Å². The highest BCUT2D eigenvalue weighted by molar-refractivity contribution is 8.78. The average molecular weight is 104 g/mol. The van der Waals surface area contributed by atoms with E-state index in [1.807, 2.05) is 10.8 Å². The number of hydrogen-bond donors (Lipinski definition) is 0. The Balaban J connectivity index is 2.08. The van der Waals surface area contributed by atoms with E-state index in [-0.39, 0.29) is 0 Å². The highest BCUT2D eigenvalue weighted by Gasteiger charge is 1.98. The quantitative estimate of drug-likeness (QED) is 0.430. The van der Waals surface area contributed by atoms with Crippen LogP contribution in [0.2, 0.25) is 0 Å². The van der Waals surface area contributed by atoms with E-state index in [1.54, 1.807) is 10.8 Å². The molecule has 0 aliphatic carbocycles. The van der Waals surface area contributed by atoms with E-state index in [4.69, 9.17) is 0 Å². The van der Waals surface area contributed by atoms with Gasteiger partial charge >= 0.3 is 0 Å². The molecule has 28 valence electrons. The van der Waals surface area contributed by atoms with Gasteiger partial charge < -0.3 is 0 Å². The van der Waals surface area contributed by atoms with Crippen LogP contribution in [0, 0.1) is 5.75 Å². The van der Waals surface area contributed by atoms with Gasteiger partial charge in [0.1, 0.15) is 0 Å². The summed E-state index contributed by atoms with van der Waals surface area (Å²) in [5, 5.41) is 0. The summed E-state index contributed by atoms with van der Waals surface area (Å²) < 4.78 is 0. The molecule has 2 radical (unpaired) electrons. The van der Waals surface area contributed by atoms with Gasteiger partial charge in [0.25, 0.3) is 0 Å². The van der Waals surface area contributed by atoms with Crippen LogP contribution in [0.5, 0.6) is 0 Å². The third-order valence-corrected chi connectivity index (χ3v) is 2.42. The lowest BCUT2D eigenvalue weighted by molar-refractivity contribution is 1.24. The molecule has 0 amide bonds. The Morgan fingerprint density at radius 2 is 2.60 bits per heavy atom. The minimum atomic E-state index is 1.18. The first-order chi connectivity index (χ1) is 2.50. The van der Waals surface area contributed by atoms with E-state index in [0.717, 1.165) is 0 Å². The van der Waals surface area contributed by atoms with Crippen molar-refractivity contribution in [2.75, 3.05) is 5.75 Å². The lowest BCUT2D eigenvalue weighted by atomic mass is 10.6. The van der Waals surface area contributed by atoms with Crippen LogP contribution in [0.25, 0.3) is 0 Å². The van der Waals surface area contributed by atoms with E-state index in [2.05, 4.69) is 5.75 Å². The summed E-state index contributed by atoms with van der Waals surface area (Å²) in [6.07, 6.45) is 1.18. The van der Waals surface area contributed by atoms with Crippen molar-refractivity contribution in [3.63, 3.8) is 0 Å². The molecule has 0 nitrogen and oxygen atoms in total. The zero-order valence-electron chi connectivity index (χ0n) is 2.73. The van der Waals surface area contributed by atoms with Gasteiger partial charge in [0, 0.05) is 5.75 Å². The van der Waals surface area contributed by atoms with Crippen molar-refractivity contribution in [2.24, 2.45) is 0 Å². The van der Waals surface area contributed by atoms with Crippen LogP contribution in [0.15, 0.2) is 0 Å². The van der Waals surface area contributed by atoms with E-state index in [1.165, 1.54) is 12.2 Å². The molecular formula is C3H4S2. The van der Waals surface area contributed by atoms with E-state index >= 15 is 0 Å². The molecule has 0 bridgehead atoms. The van der Waals surface area contributed by atoms with Crippen molar-refractivity contribution < 1.29 is 0 Å². The molecule has 1 fully saturated rings. The van der Waals surface area contributed by atoms with E-state index in [9.17, 15) is 0 Å². The highest BCUT2D eigenvalue weighted by atomic mass is 33.1. The van der Waals surface area contributed by atoms with Gasteiger partial charge in [0.05, 0.1) is 5.75 Å². The van der Waals surface area contributed by atoms with Crippen LogP contribution >= 0.6 is 21.6 Å². The second-order valence-electron chi connectivity index (χ2n) is 0.800. The molecule has 5 heavy (non-hydrogen) atoms. The SMILES string of the molecule is [C]1CCSS1. The second-order valence-corrected chi connectivity index (χ2v) is 3.11. The predicted molar refractivity (Wildman–Crippen MR) is 27.9 cm³/mol. The second kappa shape index (κ2) is 1.98. The molecule has 1 heterocycles. The third-order valence-electron chi connectivity index (χ3n) is 0.405. The number of rotatable bonds is 0. The van der Waals surface area contributed by atoms with Crippen molar-refractivity contribution in [2.45, 2.75) is 6.42 Å². The van der Waals surface area contributed by atoms with E-state index < -0.39 is 0 Å². The predicted octanol–water partition coefficient (Wildman–Crippen LogP) is 1.81. The van der Waals surface area contributed by atoms with Crippen molar-refractivity contribution in [3.05, 3.63) is 5.75 Å². The molecular weight excluding hydrogens is 100 g/mol. The maximum Gasteiger partial charge on any atom is 0.0610 e. The van der Waals surface area contributed by atoms with Gasteiger partial charge in [-0.15, -0.1) is 0 Å². The van der Waals surface area contributed by atoms with Crippen molar-refractivity contribution in [1.82, 2.24) is 0 Å². The first-order valence-corrected chi connectivity index (χ1v) is 3.83. The monoisotopic (exact) mass is 104 g/mol. The normalized spacial score (nSPS) is 24.0. The molecule has 1 saturated heterocycles. The summed E-state index contributed by atoms with van der Waals surface area (Å²) in [5.74, 6) is 4.37. The van der Waals surface area contributed by atoms with Gasteiger partial charge in [-0.3, -0.25) is 0 Å². The van der Waals surface area contributed by atoms with Gasteiger partial charge in [0.15, 0.2) is 0 Å². The standard InChI is InChI=1S/C3H4S2/c1-2-4-5-3-1/h1-2H2. The molecule has 0 N–H and O–H groups in total. The Hall–Kier alpha value is 0.700. The largest absolute Gasteiger partial charge is 0.0934 e. The summed E-state index contributed by atoms with van der Waals surface area (Å²) in [4.78, 5) is 0. The molecule has 0 aromatic carbocycles. The summed E-state index contributed by atoms with van der Waals surface area (Å²) in [6.45, 7) is 0. The zero-order valence-corrected chi connectivity index (χ0v) is 4.36. The summed E-state index contributed by atoms with van der Waals surface area (Å²) in [6, 6.07) is 0. The zero-order chi connectivity index (χ0) is 3.54. The van der Waals surface area contributed by atoms with Crippen LogP contribution < -0.4 is 0 Å². The minimum absolute atomic E-state index is 1.18. The smallest absolute Gasteiger partial charge is 0.0610 e. The lowest BCUT2D eigenvalue weighted by Crippen LogP contribution is -1.57. The van der Waals surface area contributed by atoms with Crippen molar-refractivity contribution in [3.8, 4) is 0 Å².